The second-order valence-electron chi connectivity index (χ2n) is 11.6. The van der Waals surface area contributed by atoms with Crippen molar-refractivity contribution >= 4 is 29.2 Å². The summed E-state index contributed by atoms with van der Waals surface area (Å²) in [6.07, 6.45) is 3.90. The summed E-state index contributed by atoms with van der Waals surface area (Å²) in [5.74, 6) is -3.61. The summed E-state index contributed by atoms with van der Waals surface area (Å²) in [4.78, 5) is 64.7. The molecule has 232 valence electrons. The summed E-state index contributed by atoms with van der Waals surface area (Å²) in [7, 11) is 0. The number of allylic oxidation sites excluding steroid dienone is 1. The van der Waals surface area contributed by atoms with Gasteiger partial charge in [-0.3, -0.25) is 19.2 Å². The molecule has 3 rings (SSSR count). The quantitative estimate of drug-likeness (QED) is 0.153. The summed E-state index contributed by atoms with van der Waals surface area (Å²) in [5.41, 5.74) is 0.846. The van der Waals surface area contributed by atoms with Crippen LogP contribution in [0.25, 0.3) is 0 Å². The van der Waals surface area contributed by atoms with Crippen LogP contribution < -0.4 is 5.32 Å². The van der Waals surface area contributed by atoms with Crippen molar-refractivity contribution in [3.63, 3.8) is 0 Å². The molecule has 0 unspecified atom stereocenters. The van der Waals surface area contributed by atoms with Gasteiger partial charge in [-0.1, -0.05) is 37.2 Å². The van der Waals surface area contributed by atoms with Gasteiger partial charge < -0.3 is 14.6 Å². The number of carbonyl (C=O) groups excluding carboxylic acids is 5. The Morgan fingerprint density at radius 2 is 1.84 bits per heavy atom. The molecule has 9 nitrogen and oxygen atoms in total. The number of aryl methyl sites for hydroxylation is 1. The lowest BCUT2D eigenvalue weighted by Crippen LogP contribution is -2.30. The average molecular weight is 597 g/mol. The lowest BCUT2D eigenvalue weighted by Gasteiger charge is -2.24. The maximum absolute atomic E-state index is 13.9. The molecule has 43 heavy (non-hydrogen) atoms. The van der Waals surface area contributed by atoms with Crippen molar-refractivity contribution in [3.05, 3.63) is 65.3 Å². The van der Waals surface area contributed by atoms with E-state index in [9.17, 15) is 28.4 Å². The average Bonchev–Trinajstić information content (AvgIpc) is 3.58. The number of aromatic nitrogens is 1. The minimum absolute atomic E-state index is 0.00230. The summed E-state index contributed by atoms with van der Waals surface area (Å²) in [5, 5.41) is 6.57. The summed E-state index contributed by atoms with van der Waals surface area (Å²) in [6, 6.07) is 7.30. The Labute approximate surface area is 251 Å². The number of esters is 1. The van der Waals surface area contributed by atoms with Crippen LogP contribution >= 0.6 is 0 Å². The number of nitrogens with one attached hydrogen (secondary N) is 1. The van der Waals surface area contributed by atoms with Gasteiger partial charge in [0.25, 0.3) is 0 Å². The Hall–Kier alpha value is -3.95. The lowest BCUT2D eigenvalue weighted by atomic mass is 9.78. The molecule has 1 amide bonds. The molecule has 2 heterocycles. The Kier molecular flexibility index (Phi) is 12.5. The first kappa shape index (κ1) is 33.6. The third kappa shape index (κ3) is 10.4. The van der Waals surface area contributed by atoms with E-state index in [4.69, 9.17) is 9.26 Å². The predicted octanol–water partition coefficient (Wildman–Crippen LogP) is 5.01. The van der Waals surface area contributed by atoms with Gasteiger partial charge in [0.05, 0.1) is 6.61 Å². The monoisotopic (exact) mass is 596 g/mol. The second-order valence-corrected chi connectivity index (χ2v) is 11.6. The van der Waals surface area contributed by atoms with Gasteiger partial charge in [-0.25, -0.2) is 9.18 Å². The fraction of sp³-hybridized carbons (Fsp3) is 0.515. The van der Waals surface area contributed by atoms with E-state index in [0.717, 1.165) is 0 Å². The zero-order valence-corrected chi connectivity index (χ0v) is 25.3. The Bertz CT molecular complexity index is 1310. The minimum Gasteiger partial charge on any atom is -0.463 e. The van der Waals surface area contributed by atoms with Crippen LogP contribution in [0, 0.1) is 42.3 Å². The van der Waals surface area contributed by atoms with Gasteiger partial charge in [-0.2, -0.15) is 0 Å². The van der Waals surface area contributed by atoms with Crippen LogP contribution in [-0.4, -0.2) is 47.5 Å². The van der Waals surface area contributed by atoms with Crippen LogP contribution in [0.3, 0.4) is 0 Å². The maximum atomic E-state index is 13.9. The fourth-order valence-electron chi connectivity index (χ4n) is 5.42. The normalized spacial score (nSPS) is 17.1. The molecule has 0 saturated carbocycles. The van der Waals surface area contributed by atoms with Crippen molar-refractivity contribution in [1.82, 2.24) is 10.5 Å². The van der Waals surface area contributed by atoms with E-state index in [0.29, 0.717) is 30.7 Å². The number of carbonyl (C=O) groups is 5. The molecule has 1 aliphatic heterocycles. The molecule has 1 aliphatic rings. The molecule has 2 aromatic rings. The van der Waals surface area contributed by atoms with Crippen LogP contribution in [-0.2, 0) is 30.3 Å². The molecular formula is C33H41FN2O7. The van der Waals surface area contributed by atoms with Crippen molar-refractivity contribution < 1.29 is 37.6 Å². The molecule has 1 fully saturated rings. The van der Waals surface area contributed by atoms with Gasteiger partial charge in [0.15, 0.2) is 5.78 Å². The zero-order valence-electron chi connectivity index (χ0n) is 25.3. The third-order valence-corrected chi connectivity index (χ3v) is 7.84. The van der Waals surface area contributed by atoms with E-state index < -0.39 is 29.5 Å². The Balaban J connectivity index is 1.82. The highest BCUT2D eigenvalue weighted by Crippen LogP contribution is 2.29. The lowest BCUT2D eigenvalue weighted by molar-refractivity contribution is -0.137. The number of benzene rings is 1. The first-order chi connectivity index (χ1) is 20.5. The van der Waals surface area contributed by atoms with Crippen molar-refractivity contribution in [2.45, 2.75) is 66.2 Å². The van der Waals surface area contributed by atoms with Crippen molar-refractivity contribution in [3.8, 4) is 0 Å². The van der Waals surface area contributed by atoms with Gasteiger partial charge in [0, 0.05) is 55.7 Å². The van der Waals surface area contributed by atoms with Gasteiger partial charge in [-0.15, -0.1) is 0 Å². The molecule has 1 saturated heterocycles. The predicted molar refractivity (Wildman–Crippen MR) is 156 cm³/mol. The first-order valence-electron chi connectivity index (χ1n) is 14.9. The molecule has 0 aliphatic carbocycles. The molecular weight excluding hydrogens is 555 g/mol. The molecule has 1 aromatic heterocycles. The van der Waals surface area contributed by atoms with E-state index in [-0.39, 0.29) is 73.1 Å². The summed E-state index contributed by atoms with van der Waals surface area (Å²) in [6.45, 7) is 7.82. The molecule has 0 bridgehead atoms. The van der Waals surface area contributed by atoms with Gasteiger partial charge in [0.2, 0.25) is 5.91 Å². The Morgan fingerprint density at radius 3 is 2.42 bits per heavy atom. The maximum Gasteiger partial charge on any atom is 0.330 e. The Morgan fingerprint density at radius 1 is 1.12 bits per heavy atom. The number of Topliss-reactive ketones (excluding diaryl/α,β-unsaturated/α-hetero) is 3. The van der Waals surface area contributed by atoms with E-state index in [2.05, 4.69) is 10.5 Å². The highest BCUT2D eigenvalue weighted by molar-refractivity contribution is 5.98. The molecule has 1 N–H and O–H groups in total. The largest absolute Gasteiger partial charge is 0.463 e. The highest BCUT2D eigenvalue weighted by Gasteiger charge is 2.33. The molecule has 0 spiro atoms. The number of amides is 1. The van der Waals surface area contributed by atoms with Crippen LogP contribution in [0.2, 0.25) is 0 Å². The number of hydrogen-bond donors (Lipinski definition) is 1. The van der Waals surface area contributed by atoms with Gasteiger partial charge >= 0.3 is 5.97 Å². The highest BCUT2D eigenvalue weighted by atomic mass is 19.1. The van der Waals surface area contributed by atoms with Crippen LogP contribution in [0.4, 0.5) is 4.39 Å². The third-order valence-electron chi connectivity index (χ3n) is 7.84. The number of halogens is 1. The van der Waals surface area contributed by atoms with E-state index in [1.165, 1.54) is 24.3 Å². The minimum atomic E-state index is -0.750. The van der Waals surface area contributed by atoms with Crippen LogP contribution in [0.5, 0.6) is 0 Å². The summed E-state index contributed by atoms with van der Waals surface area (Å²) < 4.78 is 23.6. The number of ether oxygens (including phenoxy) is 1. The van der Waals surface area contributed by atoms with Crippen molar-refractivity contribution in [2.24, 2.45) is 29.6 Å². The van der Waals surface area contributed by atoms with Crippen LogP contribution in [0.1, 0.15) is 74.7 Å². The molecule has 10 heteroatoms. The number of hydrogen-bond acceptors (Lipinski definition) is 8. The first-order valence-corrected chi connectivity index (χ1v) is 14.9. The smallest absolute Gasteiger partial charge is 0.330 e. The topological polar surface area (TPSA) is 133 Å². The second kappa shape index (κ2) is 16.0. The van der Waals surface area contributed by atoms with Gasteiger partial charge in [-0.05, 0) is 62.6 Å². The van der Waals surface area contributed by atoms with E-state index >= 15 is 0 Å². The number of rotatable bonds is 17. The zero-order chi connectivity index (χ0) is 31.5. The number of ketones is 3. The standard InChI is InChI=1S/C33H41FN2O7/c1-5-42-32(40)11-8-23(16-24-12-13-35-33(24)41)17-29(37)25(15-22-6-9-26(34)10-7-22)18-30(38)27(20(2)3)19-31(39)28-14-21(4)43-36-28/h6-11,14,20,23-25,27H,5,12-13,15-19H2,1-4H3,(H,35,41)/b11-8+/t23-,24+,25-,27+/m1/s1. The van der Waals surface area contributed by atoms with E-state index in [1.807, 2.05) is 13.8 Å². The molecule has 0 radical (unpaired) electrons. The molecule has 1 aromatic carbocycles. The number of nitrogens with zero attached hydrogens (tertiary/aromatic N) is 1. The van der Waals surface area contributed by atoms with E-state index in [1.54, 1.807) is 32.1 Å². The summed E-state index contributed by atoms with van der Waals surface area (Å²) >= 11 is 0. The van der Waals surface area contributed by atoms with Crippen molar-refractivity contribution in [1.29, 1.82) is 0 Å². The van der Waals surface area contributed by atoms with Crippen molar-refractivity contribution in [2.75, 3.05) is 13.2 Å². The molecule has 4 atom stereocenters. The fourth-order valence-corrected chi connectivity index (χ4v) is 5.42. The van der Waals surface area contributed by atoms with Crippen LogP contribution in [0.15, 0.2) is 47.0 Å². The van der Waals surface area contributed by atoms with Gasteiger partial charge in [0.1, 0.15) is 28.8 Å². The SMILES string of the molecule is CCOC(=O)/C=C/[C@@H](CC(=O)[C@@H](CC(=O)[C@@H](CC(=O)c1cc(C)on1)C(C)C)Cc1ccc(F)cc1)C[C@@H]1CCNC1=O.